The fourth-order valence-electron chi connectivity index (χ4n) is 5.24. The Morgan fingerprint density at radius 2 is 2.04 bits per heavy atom. The SMILES string of the molecule is CC(C)NC(=O)[C@H]1C[C@H]2CC[C@@]1(C)C[C@]21NC(=O)c2ccccc2N1. The molecule has 3 aliphatic carbocycles. The van der Waals surface area contributed by atoms with Gasteiger partial charge in [0.2, 0.25) is 5.91 Å². The summed E-state index contributed by atoms with van der Waals surface area (Å²) >= 11 is 0. The molecule has 0 saturated heterocycles. The number of hydrogen-bond acceptors (Lipinski definition) is 3. The summed E-state index contributed by atoms with van der Waals surface area (Å²) < 4.78 is 0. The van der Waals surface area contributed by atoms with Gasteiger partial charge in [0, 0.05) is 23.6 Å². The number of rotatable bonds is 2. The number of fused-ring (bicyclic) bond motifs is 3. The molecule has 3 saturated carbocycles. The van der Waals surface area contributed by atoms with Crippen molar-refractivity contribution >= 4 is 17.5 Å². The highest BCUT2D eigenvalue weighted by molar-refractivity contribution is 6.02. The molecular weight excluding hydrogens is 314 g/mol. The number of carbonyl (C=O) groups is 2. The first-order valence-corrected chi connectivity index (χ1v) is 9.33. The van der Waals surface area contributed by atoms with Crippen molar-refractivity contribution in [2.24, 2.45) is 17.3 Å². The van der Waals surface area contributed by atoms with E-state index in [4.69, 9.17) is 0 Å². The van der Waals surface area contributed by atoms with Crippen LogP contribution in [0.4, 0.5) is 5.69 Å². The maximum Gasteiger partial charge on any atom is 0.255 e. The van der Waals surface area contributed by atoms with Crippen LogP contribution in [0.5, 0.6) is 0 Å². The average Bonchev–Trinajstić information content (AvgIpc) is 2.53. The van der Waals surface area contributed by atoms with Crippen LogP contribution in [0, 0.1) is 17.3 Å². The van der Waals surface area contributed by atoms with Crippen molar-refractivity contribution in [3.8, 4) is 0 Å². The Morgan fingerprint density at radius 3 is 2.76 bits per heavy atom. The molecule has 1 aliphatic heterocycles. The van der Waals surface area contributed by atoms with Crippen molar-refractivity contribution in [3.05, 3.63) is 29.8 Å². The van der Waals surface area contributed by atoms with E-state index in [1.54, 1.807) is 0 Å². The topological polar surface area (TPSA) is 70.2 Å². The lowest BCUT2D eigenvalue weighted by molar-refractivity contribution is -0.140. The lowest BCUT2D eigenvalue weighted by atomic mass is 9.51. The summed E-state index contributed by atoms with van der Waals surface area (Å²) in [4.78, 5) is 25.4. The molecule has 0 radical (unpaired) electrons. The van der Waals surface area contributed by atoms with Crippen LogP contribution >= 0.6 is 0 Å². The molecule has 3 fully saturated rings. The second kappa shape index (κ2) is 5.48. The number of benzene rings is 1. The molecule has 5 heteroatoms. The molecule has 4 atom stereocenters. The van der Waals surface area contributed by atoms with Crippen LogP contribution in [-0.4, -0.2) is 23.5 Å². The summed E-state index contributed by atoms with van der Waals surface area (Å²) in [7, 11) is 0. The number of amides is 2. The van der Waals surface area contributed by atoms with E-state index in [0.29, 0.717) is 5.56 Å². The molecule has 134 valence electrons. The van der Waals surface area contributed by atoms with Gasteiger partial charge in [0.15, 0.2) is 0 Å². The van der Waals surface area contributed by atoms with Gasteiger partial charge in [0.1, 0.15) is 5.66 Å². The molecular formula is C20H27N3O2. The normalized spacial score (nSPS) is 35.9. The molecule has 0 aromatic heterocycles. The van der Waals surface area contributed by atoms with Crippen LogP contribution in [0.2, 0.25) is 0 Å². The van der Waals surface area contributed by atoms with Gasteiger partial charge >= 0.3 is 0 Å². The third kappa shape index (κ3) is 2.52. The summed E-state index contributed by atoms with van der Waals surface area (Å²) in [6.07, 6.45) is 3.69. The third-order valence-corrected chi connectivity index (χ3v) is 6.42. The Kier molecular flexibility index (Phi) is 3.60. The second-order valence-corrected chi connectivity index (χ2v) is 8.61. The molecule has 2 amide bonds. The van der Waals surface area contributed by atoms with Crippen LogP contribution in [0.25, 0.3) is 0 Å². The summed E-state index contributed by atoms with van der Waals surface area (Å²) in [6.45, 7) is 6.22. The van der Waals surface area contributed by atoms with Crippen LogP contribution in [0.15, 0.2) is 24.3 Å². The quantitative estimate of drug-likeness (QED) is 0.775. The maximum atomic E-state index is 12.7. The van der Waals surface area contributed by atoms with Gasteiger partial charge in [-0.15, -0.1) is 0 Å². The maximum absolute atomic E-state index is 12.7. The molecule has 4 aliphatic rings. The Morgan fingerprint density at radius 1 is 1.28 bits per heavy atom. The van der Waals surface area contributed by atoms with Crippen molar-refractivity contribution in [2.45, 2.75) is 58.2 Å². The summed E-state index contributed by atoms with van der Waals surface area (Å²) in [5, 5.41) is 9.99. The van der Waals surface area contributed by atoms with Gasteiger partial charge in [-0.25, -0.2) is 0 Å². The van der Waals surface area contributed by atoms with Gasteiger partial charge in [0.25, 0.3) is 5.91 Å². The van der Waals surface area contributed by atoms with E-state index >= 15 is 0 Å². The number of para-hydroxylation sites is 1. The Balaban J connectivity index is 1.64. The second-order valence-electron chi connectivity index (χ2n) is 8.61. The highest BCUT2D eigenvalue weighted by Crippen LogP contribution is 2.58. The third-order valence-electron chi connectivity index (χ3n) is 6.42. The highest BCUT2D eigenvalue weighted by atomic mass is 16.2. The fraction of sp³-hybridized carbons (Fsp3) is 0.600. The molecule has 1 aromatic rings. The molecule has 25 heavy (non-hydrogen) atoms. The highest BCUT2D eigenvalue weighted by Gasteiger charge is 2.60. The molecule has 0 unspecified atom stereocenters. The minimum Gasteiger partial charge on any atom is -0.362 e. The Labute approximate surface area is 148 Å². The molecule has 1 heterocycles. The van der Waals surface area contributed by atoms with Gasteiger partial charge in [-0.2, -0.15) is 0 Å². The van der Waals surface area contributed by atoms with E-state index in [0.717, 1.165) is 31.4 Å². The van der Waals surface area contributed by atoms with Crippen molar-refractivity contribution < 1.29 is 9.59 Å². The molecule has 5 nitrogen and oxygen atoms in total. The summed E-state index contributed by atoms with van der Waals surface area (Å²) in [5.74, 6) is 0.456. The van der Waals surface area contributed by atoms with E-state index in [9.17, 15) is 9.59 Å². The molecule has 5 rings (SSSR count). The molecule has 2 bridgehead atoms. The van der Waals surface area contributed by atoms with E-state index in [1.165, 1.54) is 0 Å². The van der Waals surface area contributed by atoms with E-state index in [-0.39, 0.29) is 35.1 Å². The molecule has 1 aromatic carbocycles. The zero-order valence-corrected chi connectivity index (χ0v) is 15.2. The van der Waals surface area contributed by atoms with Crippen LogP contribution in [0.3, 0.4) is 0 Å². The van der Waals surface area contributed by atoms with Crippen LogP contribution < -0.4 is 16.0 Å². The van der Waals surface area contributed by atoms with E-state index in [1.807, 2.05) is 38.1 Å². The number of anilines is 1. The summed E-state index contributed by atoms with van der Waals surface area (Å²) in [6, 6.07) is 7.83. The van der Waals surface area contributed by atoms with Crippen molar-refractivity contribution in [1.29, 1.82) is 0 Å². The van der Waals surface area contributed by atoms with Gasteiger partial charge in [-0.1, -0.05) is 19.1 Å². The molecule has 1 spiro atoms. The zero-order chi connectivity index (χ0) is 17.8. The van der Waals surface area contributed by atoms with Gasteiger partial charge in [0.05, 0.1) is 5.56 Å². The standard InChI is InChI=1S/C20H27N3O2/c1-12(2)21-18(25)15-10-13-8-9-19(15,3)11-20(13)22-16-7-5-4-6-14(16)17(24)23-20/h4-7,12-13,15,22H,8-11H2,1-3H3,(H,21,25)(H,23,24)/t13-,15-,19+,20+/m1/s1. The van der Waals surface area contributed by atoms with Gasteiger partial charge in [-0.05, 0) is 57.1 Å². The first-order chi connectivity index (χ1) is 11.8. The number of nitrogens with one attached hydrogen (secondary N) is 3. The van der Waals surface area contributed by atoms with E-state index in [2.05, 4.69) is 22.9 Å². The van der Waals surface area contributed by atoms with Gasteiger partial charge < -0.3 is 16.0 Å². The van der Waals surface area contributed by atoms with Crippen molar-refractivity contribution in [2.75, 3.05) is 5.32 Å². The predicted octanol–water partition coefficient (Wildman–Crippen LogP) is 2.89. The first kappa shape index (κ1) is 16.4. The number of carbonyl (C=O) groups excluding carboxylic acids is 2. The number of hydrogen-bond donors (Lipinski definition) is 3. The minimum atomic E-state index is -0.424. The smallest absolute Gasteiger partial charge is 0.255 e. The monoisotopic (exact) mass is 341 g/mol. The predicted molar refractivity (Wildman–Crippen MR) is 97.1 cm³/mol. The fourth-order valence-corrected chi connectivity index (χ4v) is 5.24. The first-order valence-electron chi connectivity index (χ1n) is 9.33. The van der Waals surface area contributed by atoms with Crippen LogP contribution in [0.1, 0.15) is 56.8 Å². The molecule has 3 N–H and O–H groups in total. The van der Waals surface area contributed by atoms with Crippen molar-refractivity contribution in [1.82, 2.24) is 10.6 Å². The van der Waals surface area contributed by atoms with Gasteiger partial charge in [-0.3, -0.25) is 9.59 Å². The summed E-state index contributed by atoms with van der Waals surface area (Å²) in [5.41, 5.74) is 1.09. The van der Waals surface area contributed by atoms with E-state index < -0.39 is 5.66 Å². The van der Waals surface area contributed by atoms with Crippen molar-refractivity contribution in [3.63, 3.8) is 0 Å². The lowest BCUT2D eigenvalue weighted by Crippen LogP contribution is -2.70. The lowest BCUT2D eigenvalue weighted by Gasteiger charge is -2.60. The zero-order valence-electron chi connectivity index (χ0n) is 15.2. The van der Waals surface area contributed by atoms with Crippen LogP contribution in [-0.2, 0) is 4.79 Å². The average molecular weight is 341 g/mol. The minimum absolute atomic E-state index is 0.00585. The Bertz CT molecular complexity index is 731. The largest absolute Gasteiger partial charge is 0.362 e. The Hall–Kier alpha value is -2.04.